The molecule has 1 aliphatic heterocycles. The maximum Gasteiger partial charge on any atom is 0.420 e. The Balaban J connectivity index is 0.748. The molecule has 2 aromatic carbocycles. The zero-order valence-corrected chi connectivity index (χ0v) is 34.0. The number of hydrogen-bond donors (Lipinski definition) is 3. The number of carbonyl (C=O) groups is 4. The number of fused-ring (bicyclic) bond motifs is 1. The highest BCUT2D eigenvalue weighted by atomic mass is 19.3. The van der Waals surface area contributed by atoms with E-state index < -0.39 is 35.7 Å². The van der Waals surface area contributed by atoms with Crippen molar-refractivity contribution in [2.24, 2.45) is 5.92 Å². The zero-order valence-electron chi connectivity index (χ0n) is 34.0. The molecular weight excluding hydrogens is 823 g/mol. The normalized spacial score (nSPS) is 15.3. The number of rotatable bonds is 20. The van der Waals surface area contributed by atoms with Gasteiger partial charge in [-0.05, 0) is 86.1 Å². The molecule has 17 nitrogen and oxygen atoms in total. The predicted octanol–water partition coefficient (Wildman–Crippen LogP) is 5.74. The molecule has 0 bridgehead atoms. The van der Waals surface area contributed by atoms with Crippen molar-refractivity contribution in [3.8, 4) is 17.1 Å². The van der Waals surface area contributed by atoms with Gasteiger partial charge in [-0.2, -0.15) is 5.10 Å². The van der Waals surface area contributed by atoms with Gasteiger partial charge < -0.3 is 28.9 Å². The molecule has 5 heterocycles. The molecule has 1 saturated carbocycles. The van der Waals surface area contributed by atoms with Gasteiger partial charge >= 0.3 is 5.76 Å². The van der Waals surface area contributed by atoms with E-state index in [-0.39, 0.29) is 55.1 Å². The first-order chi connectivity index (χ1) is 30.6. The average Bonchev–Trinajstić information content (AvgIpc) is 3.63. The third-order valence-corrected chi connectivity index (χ3v) is 10.8. The van der Waals surface area contributed by atoms with Crippen LogP contribution in [0, 0.1) is 5.92 Å². The summed E-state index contributed by atoms with van der Waals surface area (Å²) in [5.41, 5.74) is 3.01. The van der Waals surface area contributed by atoms with Crippen molar-refractivity contribution < 1.29 is 46.3 Å². The van der Waals surface area contributed by atoms with Crippen LogP contribution in [0.15, 0.2) is 86.9 Å². The van der Waals surface area contributed by atoms with Crippen LogP contribution in [0.3, 0.4) is 0 Å². The number of para-hydroxylation sites is 1. The van der Waals surface area contributed by atoms with Gasteiger partial charge in [0, 0.05) is 42.6 Å². The van der Waals surface area contributed by atoms with Gasteiger partial charge in [0.05, 0.1) is 42.9 Å². The summed E-state index contributed by atoms with van der Waals surface area (Å²) < 4.78 is 52.9. The molecule has 328 valence electrons. The van der Waals surface area contributed by atoms with Gasteiger partial charge in [0.15, 0.2) is 17.0 Å². The van der Waals surface area contributed by atoms with Crippen LogP contribution in [0.4, 0.5) is 14.5 Å². The number of oxazole rings is 2. The van der Waals surface area contributed by atoms with Crippen LogP contribution in [0.5, 0.6) is 0 Å². The highest BCUT2D eigenvalue weighted by Gasteiger charge is 2.32. The first kappa shape index (κ1) is 42.8. The van der Waals surface area contributed by atoms with E-state index in [9.17, 15) is 32.8 Å². The third-order valence-electron chi connectivity index (χ3n) is 10.8. The van der Waals surface area contributed by atoms with E-state index in [1.54, 1.807) is 36.5 Å². The number of carbonyl (C=O) groups excluding carboxylic acids is 4. The van der Waals surface area contributed by atoms with Crippen LogP contribution in [0.2, 0.25) is 0 Å². The number of anilines is 1. The summed E-state index contributed by atoms with van der Waals surface area (Å²) in [4.78, 5) is 71.2. The number of piperidine rings is 1. The quantitative estimate of drug-likeness (QED) is 0.0619. The molecule has 19 heteroatoms. The molecule has 6 aromatic rings. The Hall–Kier alpha value is -6.86. The lowest BCUT2D eigenvalue weighted by molar-refractivity contribution is -0.135. The number of benzene rings is 2. The van der Waals surface area contributed by atoms with Crippen LogP contribution in [-0.2, 0) is 31.9 Å². The van der Waals surface area contributed by atoms with Gasteiger partial charge in [-0.3, -0.25) is 34.0 Å². The van der Waals surface area contributed by atoms with Crippen molar-refractivity contribution in [3.05, 3.63) is 112 Å². The Morgan fingerprint density at radius 1 is 0.952 bits per heavy atom. The van der Waals surface area contributed by atoms with Crippen molar-refractivity contribution in [1.29, 1.82) is 0 Å². The van der Waals surface area contributed by atoms with Crippen LogP contribution in [0.1, 0.15) is 88.8 Å². The second kappa shape index (κ2) is 19.5. The number of aryl methyl sites for hydroxylation is 2. The molecule has 2 aliphatic rings. The summed E-state index contributed by atoms with van der Waals surface area (Å²) >= 11 is 0. The van der Waals surface area contributed by atoms with Crippen molar-refractivity contribution in [1.82, 2.24) is 34.9 Å². The Kier molecular flexibility index (Phi) is 13.2. The van der Waals surface area contributed by atoms with Gasteiger partial charge in [-0.25, -0.2) is 23.2 Å². The smallest absolute Gasteiger partial charge is 0.420 e. The molecule has 1 saturated heterocycles. The van der Waals surface area contributed by atoms with Gasteiger partial charge in [-0.1, -0.05) is 25.0 Å². The number of aromatic nitrogens is 5. The minimum atomic E-state index is -2.99. The SMILES string of the molecule is O=C1CCC(n2c(=O)oc3c(CCCOCCOCCNC(=O)c4ccc(-n5cc(NC(=O)c6coc(-c7ccnc(CCC8CC8)c7)n6)c(C(F)F)n5)cc4)cccc32)C(=O)N1. The second-order valence-corrected chi connectivity index (χ2v) is 15.3. The van der Waals surface area contributed by atoms with Crippen LogP contribution in [0.25, 0.3) is 28.2 Å². The fourth-order valence-corrected chi connectivity index (χ4v) is 7.31. The third kappa shape index (κ3) is 10.4. The first-order valence-electron chi connectivity index (χ1n) is 20.7. The van der Waals surface area contributed by atoms with Gasteiger partial charge in [0.1, 0.15) is 12.3 Å². The zero-order chi connectivity index (χ0) is 43.9. The fraction of sp³-hybridized carbons (Fsp3) is 0.364. The van der Waals surface area contributed by atoms with Crippen molar-refractivity contribution >= 4 is 40.4 Å². The van der Waals surface area contributed by atoms with E-state index in [1.165, 1.54) is 46.7 Å². The lowest BCUT2D eigenvalue weighted by atomic mass is 10.0. The number of nitrogens with one attached hydrogen (secondary N) is 3. The Bertz CT molecular complexity index is 2670. The minimum absolute atomic E-state index is 0.0946. The maximum absolute atomic E-state index is 14.0. The topological polar surface area (TPSA) is 215 Å². The number of hydrogen-bond acceptors (Lipinski definition) is 12. The van der Waals surface area contributed by atoms with E-state index >= 15 is 0 Å². The Morgan fingerprint density at radius 3 is 2.54 bits per heavy atom. The van der Waals surface area contributed by atoms with Crippen molar-refractivity contribution in [2.75, 3.05) is 38.3 Å². The molecule has 1 aliphatic carbocycles. The Morgan fingerprint density at radius 2 is 1.76 bits per heavy atom. The first-order valence-corrected chi connectivity index (χ1v) is 20.7. The summed E-state index contributed by atoms with van der Waals surface area (Å²) in [6, 6.07) is 14.3. The summed E-state index contributed by atoms with van der Waals surface area (Å²) in [5.74, 6) is -1.70. The maximum atomic E-state index is 14.0. The summed E-state index contributed by atoms with van der Waals surface area (Å²) in [6.07, 6.45) is 7.05. The van der Waals surface area contributed by atoms with Crippen LogP contribution < -0.4 is 21.7 Å². The summed E-state index contributed by atoms with van der Waals surface area (Å²) in [5, 5.41) is 11.5. The second-order valence-electron chi connectivity index (χ2n) is 15.3. The van der Waals surface area contributed by atoms with E-state index in [2.05, 4.69) is 31.0 Å². The number of ether oxygens (including phenoxy) is 2. The number of amides is 4. The lowest BCUT2D eigenvalue weighted by Crippen LogP contribution is -2.43. The number of alkyl halides is 2. The highest BCUT2D eigenvalue weighted by molar-refractivity contribution is 6.03. The highest BCUT2D eigenvalue weighted by Crippen LogP contribution is 2.34. The molecular formula is C44H44F2N8O9. The van der Waals surface area contributed by atoms with Crippen molar-refractivity contribution in [2.45, 2.75) is 63.8 Å². The minimum Gasteiger partial charge on any atom is -0.444 e. The molecule has 3 N–H and O–H groups in total. The number of imide groups is 1. The van der Waals surface area contributed by atoms with Crippen LogP contribution >= 0.6 is 0 Å². The van der Waals surface area contributed by atoms with Gasteiger partial charge in [0.25, 0.3) is 18.2 Å². The largest absolute Gasteiger partial charge is 0.444 e. The average molecular weight is 867 g/mol. The fourth-order valence-electron chi connectivity index (χ4n) is 7.31. The molecule has 1 atom stereocenters. The monoisotopic (exact) mass is 866 g/mol. The summed E-state index contributed by atoms with van der Waals surface area (Å²) in [6.45, 7) is 1.49. The van der Waals surface area contributed by atoms with E-state index in [1.807, 2.05) is 12.1 Å². The predicted molar refractivity (Wildman–Crippen MR) is 221 cm³/mol. The number of nitrogens with zero attached hydrogens (tertiary/aromatic N) is 5. The van der Waals surface area contributed by atoms with E-state index in [4.69, 9.17) is 18.3 Å². The molecule has 4 amide bonds. The van der Waals surface area contributed by atoms with E-state index in [0.717, 1.165) is 30.0 Å². The molecule has 1 unspecified atom stereocenters. The molecule has 0 radical (unpaired) electrons. The molecule has 0 spiro atoms. The van der Waals surface area contributed by atoms with Gasteiger partial charge in [0.2, 0.25) is 17.7 Å². The Labute approximate surface area is 358 Å². The molecule has 4 aromatic heterocycles. The molecule has 8 rings (SSSR count). The van der Waals surface area contributed by atoms with Crippen molar-refractivity contribution in [3.63, 3.8) is 0 Å². The summed E-state index contributed by atoms with van der Waals surface area (Å²) in [7, 11) is 0. The number of halogens is 2. The lowest BCUT2D eigenvalue weighted by Gasteiger charge is -2.21. The van der Waals surface area contributed by atoms with Gasteiger partial charge in [-0.15, -0.1) is 0 Å². The standard InChI is InChI=1S/C44H44F2N8O9/c45-39(46)37-32(49-41(57)33-25-62-43(50-33)29-16-17-47-30(23-29)11-8-26-6-7-26)24-53(52-37)31-12-9-28(10-13-31)40(56)48-18-20-61-22-21-60-19-2-4-27-3-1-5-34-38(27)63-44(59)54(34)35-14-15-36(55)51-42(35)58/h1,3,5,9-10,12-13,16-17,23-26,35,39H,2,4,6-8,11,14-15,18-22H2,(H,48,56)(H,49,57)(H,51,55,58). The molecule has 2 fully saturated rings. The van der Waals surface area contributed by atoms with Crippen LogP contribution in [-0.4, -0.2) is 80.9 Å². The number of pyridine rings is 1. The van der Waals surface area contributed by atoms with E-state index in [0.29, 0.717) is 60.6 Å². The molecule has 63 heavy (non-hydrogen) atoms.